The van der Waals surface area contributed by atoms with E-state index in [2.05, 4.69) is 5.32 Å². The van der Waals surface area contributed by atoms with E-state index in [1.54, 1.807) is 43.5 Å². The molecule has 1 unspecified atom stereocenters. The SMILES string of the molecule is COc1cccc(C(=O)NC(C)c2ccc(Cl)c(Cl)c2)c1. The Morgan fingerprint density at radius 2 is 1.90 bits per heavy atom. The first-order chi connectivity index (χ1) is 10.0. The number of carbonyl (C=O) groups excluding carboxylic acids is 1. The minimum Gasteiger partial charge on any atom is -0.497 e. The van der Waals surface area contributed by atoms with E-state index in [-0.39, 0.29) is 11.9 Å². The average molecular weight is 324 g/mol. The standard InChI is InChI=1S/C16H15Cl2NO2/c1-10(11-6-7-14(17)15(18)9-11)19-16(20)12-4-3-5-13(8-12)21-2/h3-10H,1-2H3,(H,19,20). The van der Waals surface area contributed by atoms with E-state index in [0.29, 0.717) is 21.4 Å². The van der Waals surface area contributed by atoms with E-state index in [9.17, 15) is 4.79 Å². The van der Waals surface area contributed by atoms with Crippen LogP contribution in [0.1, 0.15) is 28.9 Å². The van der Waals surface area contributed by atoms with Crippen LogP contribution in [0, 0.1) is 0 Å². The molecule has 2 aromatic carbocycles. The number of nitrogens with one attached hydrogen (secondary N) is 1. The van der Waals surface area contributed by atoms with Gasteiger partial charge in [0.05, 0.1) is 23.2 Å². The van der Waals surface area contributed by atoms with Crippen LogP contribution in [-0.4, -0.2) is 13.0 Å². The van der Waals surface area contributed by atoms with Crippen LogP contribution in [0.3, 0.4) is 0 Å². The number of carbonyl (C=O) groups is 1. The molecule has 0 saturated carbocycles. The second-order valence-corrected chi connectivity index (χ2v) is 5.42. The second-order valence-electron chi connectivity index (χ2n) is 4.60. The van der Waals surface area contributed by atoms with Gasteiger partial charge in [0.1, 0.15) is 5.75 Å². The molecule has 1 N–H and O–H groups in total. The van der Waals surface area contributed by atoms with E-state index >= 15 is 0 Å². The van der Waals surface area contributed by atoms with Gasteiger partial charge < -0.3 is 10.1 Å². The fraction of sp³-hybridized carbons (Fsp3) is 0.188. The van der Waals surface area contributed by atoms with Gasteiger partial charge in [-0.05, 0) is 42.8 Å². The lowest BCUT2D eigenvalue weighted by Gasteiger charge is -2.15. The quantitative estimate of drug-likeness (QED) is 0.900. The van der Waals surface area contributed by atoms with Crippen LogP contribution in [0.25, 0.3) is 0 Å². The summed E-state index contributed by atoms with van der Waals surface area (Å²) in [6.07, 6.45) is 0. The highest BCUT2D eigenvalue weighted by molar-refractivity contribution is 6.42. The molecule has 2 rings (SSSR count). The topological polar surface area (TPSA) is 38.3 Å². The maximum absolute atomic E-state index is 12.2. The number of benzene rings is 2. The van der Waals surface area contributed by atoms with Crippen LogP contribution < -0.4 is 10.1 Å². The van der Waals surface area contributed by atoms with Crippen LogP contribution in [0.15, 0.2) is 42.5 Å². The first-order valence-corrected chi connectivity index (χ1v) is 7.16. The van der Waals surface area contributed by atoms with Crippen molar-refractivity contribution in [3.63, 3.8) is 0 Å². The van der Waals surface area contributed by atoms with Crippen LogP contribution in [0.2, 0.25) is 10.0 Å². The Morgan fingerprint density at radius 3 is 2.57 bits per heavy atom. The van der Waals surface area contributed by atoms with Gasteiger partial charge in [-0.3, -0.25) is 4.79 Å². The summed E-state index contributed by atoms with van der Waals surface area (Å²) in [5, 5.41) is 3.88. The number of hydrogen-bond donors (Lipinski definition) is 1. The van der Waals surface area contributed by atoms with Crippen molar-refractivity contribution < 1.29 is 9.53 Å². The highest BCUT2D eigenvalue weighted by Crippen LogP contribution is 2.25. The smallest absolute Gasteiger partial charge is 0.251 e. The summed E-state index contributed by atoms with van der Waals surface area (Å²) in [4.78, 5) is 12.2. The van der Waals surface area contributed by atoms with Crippen molar-refractivity contribution in [2.75, 3.05) is 7.11 Å². The Hall–Kier alpha value is -1.71. The summed E-state index contributed by atoms with van der Waals surface area (Å²) in [6.45, 7) is 1.89. The van der Waals surface area contributed by atoms with Crippen LogP contribution in [0.4, 0.5) is 0 Å². The predicted molar refractivity (Wildman–Crippen MR) is 85.3 cm³/mol. The Labute approximate surface area is 133 Å². The Balaban J connectivity index is 2.12. The molecule has 21 heavy (non-hydrogen) atoms. The summed E-state index contributed by atoms with van der Waals surface area (Å²) in [5.41, 5.74) is 1.43. The molecular weight excluding hydrogens is 309 g/mol. The third kappa shape index (κ3) is 3.90. The molecule has 0 bridgehead atoms. The van der Waals surface area contributed by atoms with Gasteiger partial charge in [-0.25, -0.2) is 0 Å². The molecule has 5 heteroatoms. The molecule has 0 heterocycles. The number of amides is 1. The van der Waals surface area contributed by atoms with Gasteiger partial charge in [-0.2, -0.15) is 0 Å². The third-order valence-corrected chi connectivity index (χ3v) is 3.86. The number of halogens is 2. The summed E-state index contributed by atoms with van der Waals surface area (Å²) >= 11 is 11.9. The van der Waals surface area contributed by atoms with Gasteiger partial charge in [0.25, 0.3) is 5.91 Å². The monoisotopic (exact) mass is 323 g/mol. The highest BCUT2D eigenvalue weighted by Gasteiger charge is 2.13. The van der Waals surface area contributed by atoms with Gasteiger partial charge in [0.2, 0.25) is 0 Å². The van der Waals surface area contributed by atoms with Crippen molar-refractivity contribution in [2.45, 2.75) is 13.0 Å². The van der Waals surface area contributed by atoms with Crippen molar-refractivity contribution in [1.29, 1.82) is 0 Å². The molecule has 0 aliphatic carbocycles. The largest absolute Gasteiger partial charge is 0.497 e. The fourth-order valence-electron chi connectivity index (χ4n) is 1.91. The Morgan fingerprint density at radius 1 is 1.14 bits per heavy atom. The summed E-state index contributed by atoms with van der Waals surface area (Å²) in [7, 11) is 1.56. The predicted octanol–water partition coefficient (Wildman–Crippen LogP) is 4.49. The van der Waals surface area contributed by atoms with E-state index in [4.69, 9.17) is 27.9 Å². The molecule has 1 atom stereocenters. The normalized spacial score (nSPS) is 11.8. The number of methoxy groups -OCH3 is 1. The molecule has 1 amide bonds. The Bertz CT molecular complexity index is 658. The average Bonchev–Trinajstić information content (AvgIpc) is 2.49. The molecule has 0 spiro atoms. The van der Waals surface area contributed by atoms with Gasteiger partial charge in [0, 0.05) is 5.56 Å². The number of rotatable bonds is 4. The molecule has 3 nitrogen and oxygen atoms in total. The molecule has 110 valence electrons. The summed E-state index contributed by atoms with van der Waals surface area (Å²) < 4.78 is 5.11. The molecule has 0 saturated heterocycles. The zero-order valence-electron chi connectivity index (χ0n) is 11.7. The van der Waals surface area contributed by atoms with E-state index in [1.165, 1.54) is 0 Å². The first kappa shape index (κ1) is 15.7. The number of hydrogen-bond acceptors (Lipinski definition) is 2. The minimum absolute atomic E-state index is 0.174. The van der Waals surface area contributed by atoms with Crippen LogP contribution in [0.5, 0.6) is 5.75 Å². The van der Waals surface area contributed by atoms with Crippen molar-refractivity contribution >= 4 is 29.1 Å². The molecule has 0 aromatic heterocycles. The van der Waals surface area contributed by atoms with Crippen molar-refractivity contribution in [3.05, 3.63) is 63.6 Å². The summed E-state index contributed by atoms with van der Waals surface area (Å²) in [5.74, 6) is 0.470. The Kier molecular flexibility index (Phi) is 5.10. The van der Waals surface area contributed by atoms with Crippen molar-refractivity contribution in [3.8, 4) is 5.75 Å². The maximum Gasteiger partial charge on any atom is 0.251 e. The van der Waals surface area contributed by atoms with Gasteiger partial charge >= 0.3 is 0 Å². The molecule has 0 aliphatic rings. The van der Waals surface area contributed by atoms with Crippen LogP contribution >= 0.6 is 23.2 Å². The van der Waals surface area contributed by atoms with Crippen molar-refractivity contribution in [2.24, 2.45) is 0 Å². The highest BCUT2D eigenvalue weighted by atomic mass is 35.5. The van der Waals surface area contributed by atoms with E-state index in [1.807, 2.05) is 13.0 Å². The molecule has 0 aliphatic heterocycles. The van der Waals surface area contributed by atoms with Crippen molar-refractivity contribution in [1.82, 2.24) is 5.32 Å². The van der Waals surface area contributed by atoms with Gasteiger partial charge in [-0.1, -0.05) is 35.3 Å². The first-order valence-electron chi connectivity index (χ1n) is 6.41. The molecular formula is C16H15Cl2NO2. The van der Waals surface area contributed by atoms with Crippen LogP contribution in [-0.2, 0) is 0 Å². The molecule has 0 radical (unpaired) electrons. The fourth-order valence-corrected chi connectivity index (χ4v) is 2.22. The lowest BCUT2D eigenvalue weighted by molar-refractivity contribution is 0.0939. The zero-order chi connectivity index (χ0) is 15.4. The van der Waals surface area contributed by atoms with Gasteiger partial charge in [-0.15, -0.1) is 0 Å². The molecule has 0 fully saturated rings. The third-order valence-electron chi connectivity index (χ3n) is 3.12. The zero-order valence-corrected chi connectivity index (χ0v) is 13.2. The second kappa shape index (κ2) is 6.83. The maximum atomic E-state index is 12.2. The number of ether oxygens (including phenoxy) is 1. The van der Waals surface area contributed by atoms with E-state index in [0.717, 1.165) is 5.56 Å². The van der Waals surface area contributed by atoms with Gasteiger partial charge in [0.15, 0.2) is 0 Å². The lowest BCUT2D eigenvalue weighted by Crippen LogP contribution is -2.26. The minimum atomic E-state index is -0.182. The van der Waals surface area contributed by atoms with E-state index < -0.39 is 0 Å². The molecule has 2 aromatic rings. The lowest BCUT2D eigenvalue weighted by atomic mass is 10.1. The summed E-state index contributed by atoms with van der Waals surface area (Å²) in [6, 6.07) is 12.1.